The van der Waals surface area contributed by atoms with Crippen LogP contribution in [-0.2, 0) is 10.8 Å². The van der Waals surface area contributed by atoms with Gasteiger partial charge in [0, 0.05) is 34.2 Å². The third kappa shape index (κ3) is 5.18. The molecule has 2 aromatic carbocycles. The normalized spacial score (nSPS) is 13.2. The third-order valence-corrected chi connectivity index (χ3v) is 4.46. The number of aliphatic hydroxyl groups is 1. The first-order chi connectivity index (χ1) is 11.3. The number of aryl methyl sites for hydroxylation is 2. The molecule has 24 heavy (non-hydrogen) atoms. The van der Waals surface area contributed by atoms with Gasteiger partial charge in [0.25, 0.3) is 0 Å². The molecular weight excluding hydrogens is 324 g/mol. The van der Waals surface area contributed by atoms with E-state index in [1.54, 1.807) is 30.5 Å². The van der Waals surface area contributed by atoms with Crippen LogP contribution < -0.4 is 10.6 Å². The quantitative estimate of drug-likeness (QED) is 0.779. The van der Waals surface area contributed by atoms with Gasteiger partial charge in [0.1, 0.15) is 0 Å². The van der Waals surface area contributed by atoms with Gasteiger partial charge in [-0.2, -0.15) is 0 Å². The maximum atomic E-state index is 11.9. The lowest BCUT2D eigenvalue weighted by Gasteiger charge is -2.14. The number of hydrogen-bond donors (Lipinski definition) is 3. The molecule has 2 aromatic rings. The van der Waals surface area contributed by atoms with Gasteiger partial charge < -0.3 is 15.7 Å². The Morgan fingerprint density at radius 3 is 2.25 bits per heavy atom. The van der Waals surface area contributed by atoms with Gasteiger partial charge >= 0.3 is 6.03 Å². The van der Waals surface area contributed by atoms with Crippen molar-refractivity contribution in [1.82, 2.24) is 5.32 Å². The lowest BCUT2D eigenvalue weighted by Crippen LogP contribution is -2.32. The number of anilines is 1. The van der Waals surface area contributed by atoms with Crippen molar-refractivity contribution in [1.29, 1.82) is 0 Å². The van der Waals surface area contributed by atoms with Crippen LogP contribution in [-0.4, -0.2) is 28.1 Å². The summed E-state index contributed by atoms with van der Waals surface area (Å²) in [4.78, 5) is 12.6. The molecule has 2 amide bonds. The Morgan fingerprint density at radius 1 is 1.12 bits per heavy atom. The molecule has 0 heterocycles. The van der Waals surface area contributed by atoms with E-state index < -0.39 is 22.9 Å². The fourth-order valence-electron chi connectivity index (χ4n) is 2.41. The summed E-state index contributed by atoms with van der Waals surface area (Å²) in [5.74, 6) is 0. The monoisotopic (exact) mass is 346 g/mol. The van der Waals surface area contributed by atoms with Crippen LogP contribution in [0.2, 0.25) is 0 Å². The molecule has 0 saturated carbocycles. The second-order valence-electron chi connectivity index (χ2n) is 5.75. The molecule has 5 nitrogen and oxygen atoms in total. The number of carbonyl (C=O) groups is 1. The predicted octanol–water partition coefficient (Wildman–Crippen LogP) is 2.90. The van der Waals surface area contributed by atoms with Crippen molar-refractivity contribution in [3.63, 3.8) is 0 Å². The van der Waals surface area contributed by atoms with E-state index in [4.69, 9.17) is 0 Å². The van der Waals surface area contributed by atoms with Crippen LogP contribution in [0.15, 0.2) is 47.4 Å². The minimum Gasteiger partial charge on any atom is -0.387 e. The highest BCUT2D eigenvalue weighted by Crippen LogP contribution is 2.16. The topological polar surface area (TPSA) is 78.4 Å². The van der Waals surface area contributed by atoms with E-state index in [1.807, 2.05) is 32.0 Å². The number of amides is 2. The number of benzene rings is 2. The maximum absolute atomic E-state index is 11.9. The highest BCUT2D eigenvalue weighted by Gasteiger charge is 2.10. The average Bonchev–Trinajstić information content (AvgIpc) is 2.52. The van der Waals surface area contributed by atoms with Gasteiger partial charge in [0.15, 0.2) is 0 Å². The van der Waals surface area contributed by atoms with Crippen molar-refractivity contribution < 1.29 is 14.1 Å². The number of aliphatic hydroxyl groups excluding tert-OH is 1. The highest BCUT2D eigenvalue weighted by atomic mass is 32.2. The number of nitrogens with one attached hydrogen (secondary N) is 2. The molecule has 2 rings (SSSR count). The van der Waals surface area contributed by atoms with Gasteiger partial charge in [-0.3, -0.25) is 4.21 Å². The standard InChI is InChI=1S/C18H22N2O3S/c1-12-8-13(2)10-14(9-12)17(21)11-19-18(22)20-15-4-6-16(7-5-15)24(3)23/h4-10,17,21H,11H2,1-3H3,(H2,19,20,22). The SMILES string of the molecule is Cc1cc(C)cc(C(O)CNC(=O)Nc2ccc(S(C)=O)cc2)c1. The van der Waals surface area contributed by atoms with Crippen LogP contribution in [0.4, 0.5) is 10.5 Å². The molecule has 0 aliphatic rings. The molecule has 2 atom stereocenters. The molecule has 128 valence electrons. The summed E-state index contributed by atoms with van der Waals surface area (Å²) in [5, 5.41) is 15.5. The zero-order valence-corrected chi connectivity index (χ0v) is 14.8. The Kier molecular flexibility index (Phi) is 6.11. The molecule has 0 aliphatic heterocycles. The van der Waals surface area contributed by atoms with Gasteiger partial charge in [-0.05, 0) is 43.7 Å². The van der Waals surface area contributed by atoms with E-state index in [0.717, 1.165) is 16.7 Å². The lowest BCUT2D eigenvalue weighted by molar-refractivity contribution is 0.175. The molecular formula is C18H22N2O3S. The molecule has 2 unspecified atom stereocenters. The second kappa shape index (κ2) is 8.08. The fourth-order valence-corrected chi connectivity index (χ4v) is 2.93. The zero-order valence-electron chi connectivity index (χ0n) is 14.0. The Bertz CT molecular complexity index is 724. The molecule has 0 saturated heterocycles. The van der Waals surface area contributed by atoms with Crippen LogP contribution in [0.1, 0.15) is 22.8 Å². The van der Waals surface area contributed by atoms with Gasteiger partial charge in [0.2, 0.25) is 0 Å². The summed E-state index contributed by atoms with van der Waals surface area (Å²) in [7, 11) is -1.05. The number of carbonyl (C=O) groups excluding carboxylic acids is 1. The smallest absolute Gasteiger partial charge is 0.319 e. The van der Waals surface area contributed by atoms with E-state index in [-0.39, 0.29) is 6.54 Å². The molecule has 0 bridgehead atoms. The highest BCUT2D eigenvalue weighted by molar-refractivity contribution is 7.84. The summed E-state index contributed by atoms with van der Waals surface area (Å²) in [6.07, 6.45) is 0.836. The third-order valence-electron chi connectivity index (χ3n) is 3.53. The lowest BCUT2D eigenvalue weighted by atomic mass is 10.0. The molecule has 0 spiro atoms. The van der Waals surface area contributed by atoms with Crippen LogP contribution >= 0.6 is 0 Å². The number of rotatable bonds is 5. The minimum absolute atomic E-state index is 0.117. The molecule has 6 heteroatoms. The van der Waals surface area contributed by atoms with Crippen molar-refractivity contribution in [2.24, 2.45) is 0 Å². The largest absolute Gasteiger partial charge is 0.387 e. The Labute approximate surface area is 144 Å². The van der Waals surface area contributed by atoms with Crippen LogP contribution in [0.3, 0.4) is 0 Å². The fraction of sp³-hybridized carbons (Fsp3) is 0.278. The first-order valence-electron chi connectivity index (χ1n) is 7.60. The van der Waals surface area contributed by atoms with Crippen molar-refractivity contribution >= 4 is 22.5 Å². The van der Waals surface area contributed by atoms with Gasteiger partial charge in [-0.25, -0.2) is 4.79 Å². The van der Waals surface area contributed by atoms with Crippen LogP contribution in [0.25, 0.3) is 0 Å². The van der Waals surface area contributed by atoms with E-state index >= 15 is 0 Å². The number of urea groups is 1. The zero-order chi connectivity index (χ0) is 17.7. The summed E-state index contributed by atoms with van der Waals surface area (Å²) < 4.78 is 11.3. The predicted molar refractivity (Wildman–Crippen MR) is 96.7 cm³/mol. The van der Waals surface area contributed by atoms with Crippen LogP contribution in [0, 0.1) is 13.8 Å². The average molecular weight is 346 g/mol. The summed E-state index contributed by atoms with van der Waals surface area (Å²) in [6, 6.07) is 12.2. The van der Waals surface area contributed by atoms with Crippen molar-refractivity contribution in [3.05, 3.63) is 59.2 Å². The van der Waals surface area contributed by atoms with Crippen molar-refractivity contribution in [2.75, 3.05) is 18.1 Å². The van der Waals surface area contributed by atoms with Crippen molar-refractivity contribution in [2.45, 2.75) is 24.8 Å². The Hall–Kier alpha value is -2.18. The van der Waals surface area contributed by atoms with E-state index in [1.165, 1.54) is 0 Å². The molecule has 0 aromatic heterocycles. The van der Waals surface area contributed by atoms with E-state index in [9.17, 15) is 14.1 Å². The first kappa shape index (κ1) is 18.2. The maximum Gasteiger partial charge on any atom is 0.319 e. The van der Waals surface area contributed by atoms with E-state index in [0.29, 0.717) is 10.6 Å². The summed E-state index contributed by atoms with van der Waals surface area (Å²) in [6.45, 7) is 4.05. The second-order valence-corrected chi connectivity index (χ2v) is 7.13. The minimum atomic E-state index is -1.05. The Morgan fingerprint density at radius 2 is 1.71 bits per heavy atom. The number of hydrogen-bond acceptors (Lipinski definition) is 3. The van der Waals surface area contributed by atoms with Crippen molar-refractivity contribution in [3.8, 4) is 0 Å². The summed E-state index contributed by atoms with van der Waals surface area (Å²) >= 11 is 0. The van der Waals surface area contributed by atoms with Gasteiger partial charge in [-0.15, -0.1) is 0 Å². The molecule has 0 fully saturated rings. The molecule has 3 N–H and O–H groups in total. The molecule has 0 radical (unpaired) electrons. The van der Waals surface area contributed by atoms with Gasteiger partial charge in [-0.1, -0.05) is 29.3 Å². The van der Waals surface area contributed by atoms with E-state index in [2.05, 4.69) is 10.6 Å². The summed E-state index contributed by atoms with van der Waals surface area (Å²) in [5.41, 5.74) is 3.52. The molecule has 0 aliphatic carbocycles. The Balaban J connectivity index is 1.89. The van der Waals surface area contributed by atoms with Gasteiger partial charge in [0.05, 0.1) is 6.10 Å². The first-order valence-corrected chi connectivity index (χ1v) is 9.15. The van der Waals surface area contributed by atoms with Crippen LogP contribution in [0.5, 0.6) is 0 Å².